The van der Waals surface area contributed by atoms with E-state index < -0.39 is 0 Å². The third-order valence-corrected chi connectivity index (χ3v) is 4.07. The summed E-state index contributed by atoms with van der Waals surface area (Å²) in [4.78, 5) is 16.1. The third-order valence-electron chi connectivity index (χ3n) is 2.93. The summed E-state index contributed by atoms with van der Waals surface area (Å²) >= 11 is 1.63. The number of nitrogens with one attached hydrogen (secondary N) is 2. The zero-order valence-electron chi connectivity index (χ0n) is 11.6. The summed E-state index contributed by atoms with van der Waals surface area (Å²) in [6.45, 7) is 8.52. The Morgan fingerprint density at radius 1 is 1.44 bits per heavy atom. The Hall–Kier alpha value is -0.940. The molecule has 0 bridgehead atoms. The van der Waals surface area contributed by atoms with Crippen LogP contribution in [0, 0.1) is 6.92 Å². The van der Waals surface area contributed by atoms with Crippen LogP contribution in [0.1, 0.15) is 50.4 Å². The number of hydrogen-bond donors (Lipinski definition) is 2. The Balaban J connectivity index is 2.34. The average Bonchev–Trinajstić information content (AvgIpc) is 2.79. The number of aromatic nitrogens is 1. The standard InChI is InChI=1S/C13H23N3OS/c1-5-11(6-2)16-12(17)7-14-10(4)13-15-9(3)8-18-13/h8,10-11,14H,5-7H2,1-4H3,(H,16,17). The minimum Gasteiger partial charge on any atom is -0.352 e. The van der Waals surface area contributed by atoms with Gasteiger partial charge in [-0.05, 0) is 26.7 Å². The van der Waals surface area contributed by atoms with Gasteiger partial charge in [-0.25, -0.2) is 4.98 Å². The smallest absolute Gasteiger partial charge is 0.234 e. The summed E-state index contributed by atoms with van der Waals surface area (Å²) in [5.74, 6) is 0.0591. The minimum absolute atomic E-state index is 0.0591. The van der Waals surface area contributed by atoms with E-state index in [4.69, 9.17) is 0 Å². The number of carbonyl (C=O) groups excluding carboxylic acids is 1. The van der Waals surface area contributed by atoms with Gasteiger partial charge in [0.15, 0.2) is 0 Å². The van der Waals surface area contributed by atoms with Gasteiger partial charge in [0.05, 0.1) is 12.6 Å². The number of carbonyl (C=O) groups is 1. The highest BCUT2D eigenvalue weighted by atomic mass is 32.1. The van der Waals surface area contributed by atoms with Crippen LogP contribution in [-0.2, 0) is 4.79 Å². The van der Waals surface area contributed by atoms with E-state index in [-0.39, 0.29) is 18.0 Å². The van der Waals surface area contributed by atoms with Crippen molar-refractivity contribution in [1.82, 2.24) is 15.6 Å². The number of nitrogens with zero attached hydrogens (tertiary/aromatic N) is 1. The van der Waals surface area contributed by atoms with Crippen molar-refractivity contribution in [3.63, 3.8) is 0 Å². The van der Waals surface area contributed by atoms with Crippen LogP contribution in [0.15, 0.2) is 5.38 Å². The first-order chi connectivity index (χ1) is 8.56. The van der Waals surface area contributed by atoms with Crippen molar-refractivity contribution in [1.29, 1.82) is 0 Å². The van der Waals surface area contributed by atoms with Gasteiger partial charge >= 0.3 is 0 Å². The predicted molar refractivity (Wildman–Crippen MR) is 75.8 cm³/mol. The molecule has 1 heterocycles. The molecular formula is C13H23N3OS. The van der Waals surface area contributed by atoms with Gasteiger partial charge in [0.1, 0.15) is 5.01 Å². The molecule has 18 heavy (non-hydrogen) atoms. The maximum Gasteiger partial charge on any atom is 0.234 e. The topological polar surface area (TPSA) is 54.0 Å². The Kier molecular flexibility index (Phi) is 6.29. The van der Waals surface area contributed by atoms with Crippen molar-refractivity contribution >= 4 is 17.2 Å². The van der Waals surface area contributed by atoms with Crippen LogP contribution in [-0.4, -0.2) is 23.5 Å². The highest BCUT2D eigenvalue weighted by molar-refractivity contribution is 7.09. The Bertz CT molecular complexity index is 374. The van der Waals surface area contributed by atoms with Crippen molar-refractivity contribution in [2.45, 2.75) is 52.6 Å². The van der Waals surface area contributed by atoms with Gasteiger partial charge in [0.2, 0.25) is 5.91 Å². The molecule has 1 unspecified atom stereocenters. The Morgan fingerprint density at radius 2 is 2.11 bits per heavy atom. The molecule has 1 aromatic heterocycles. The number of amides is 1. The molecule has 102 valence electrons. The van der Waals surface area contributed by atoms with E-state index >= 15 is 0 Å². The molecule has 0 saturated heterocycles. The Morgan fingerprint density at radius 3 is 2.61 bits per heavy atom. The Labute approximate surface area is 113 Å². The predicted octanol–water partition coefficient (Wildman–Crippen LogP) is 2.41. The van der Waals surface area contributed by atoms with E-state index in [1.807, 2.05) is 19.2 Å². The molecule has 0 spiro atoms. The summed E-state index contributed by atoms with van der Waals surface area (Å²) < 4.78 is 0. The molecule has 0 aromatic carbocycles. The summed E-state index contributed by atoms with van der Waals surface area (Å²) in [5, 5.41) is 9.27. The monoisotopic (exact) mass is 269 g/mol. The highest BCUT2D eigenvalue weighted by Crippen LogP contribution is 2.16. The molecule has 2 N–H and O–H groups in total. The molecule has 1 atom stereocenters. The molecule has 1 aromatic rings. The van der Waals surface area contributed by atoms with Gasteiger partial charge in [-0.2, -0.15) is 0 Å². The normalized spacial score (nSPS) is 12.7. The summed E-state index contributed by atoms with van der Waals surface area (Å²) in [6.07, 6.45) is 1.95. The van der Waals surface area contributed by atoms with Gasteiger partial charge in [-0.15, -0.1) is 11.3 Å². The van der Waals surface area contributed by atoms with Gasteiger partial charge in [0.25, 0.3) is 0 Å². The second-order valence-corrected chi connectivity index (χ2v) is 5.40. The van der Waals surface area contributed by atoms with Gasteiger partial charge < -0.3 is 5.32 Å². The van der Waals surface area contributed by atoms with Crippen LogP contribution in [0.4, 0.5) is 0 Å². The fraction of sp³-hybridized carbons (Fsp3) is 0.692. The van der Waals surface area contributed by atoms with Crippen molar-refractivity contribution in [3.05, 3.63) is 16.1 Å². The highest BCUT2D eigenvalue weighted by Gasteiger charge is 2.12. The van der Waals surface area contributed by atoms with Crippen LogP contribution >= 0.6 is 11.3 Å². The molecule has 5 heteroatoms. The average molecular weight is 269 g/mol. The van der Waals surface area contributed by atoms with Crippen LogP contribution in [0.3, 0.4) is 0 Å². The molecule has 0 fully saturated rings. The van der Waals surface area contributed by atoms with E-state index in [9.17, 15) is 4.79 Å². The van der Waals surface area contributed by atoms with Gasteiger partial charge in [0, 0.05) is 17.1 Å². The zero-order chi connectivity index (χ0) is 13.5. The van der Waals surface area contributed by atoms with Crippen LogP contribution in [0.2, 0.25) is 0 Å². The van der Waals surface area contributed by atoms with Crippen LogP contribution in [0.25, 0.3) is 0 Å². The SMILES string of the molecule is CCC(CC)NC(=O)CNC(C)c1nc(C)cs1. The lowest BCUT2D eigenvalue weighted by Crippen LogP contribution is -2.40. The second-order valence-electron chi connectivity index (χ2n) is 4.51. The lowest BCUT2D eigenvalue weighted by molar-refractivity contribution is -0.121. The number of hydrogen-bond acceptors (Lipinski definition) is 4. The first-order valence-electron chi connectivity index (χ1n) is 6.51. The largest absolute Gasteiger partial charge is 0.352 e. The number of rotatable bonds is 7. The molecule has 0 aliphatic carbocycles. The number of thiazole rings is 1. The van der Waals surface area contributed by atoms with Crippen molar-refractivity contribution in [2.24, 2.45) is 0 Å². The molecule has 0 aliphatic rings. The molecule has 0 radical (unpaired) electrons. The summed E-state index contributed by atoms with van der Waals surface area (Å²) in [7, 11) is 0. The van der Waals surface area contributed by atoms with Crippen molar-refractivity contribution < 1.29 is 4.79 Å². The third kappa shape index (κ3) is 4.74. The van der Waals surface area contributed by atoms with E-state index in [0.717, 1.165) is 23.5 Å². The molecule has 0 aliphatic heterocycles. The van der Waals surface area contributed by atoms with E-state index in [1.54, 1.807) is 11.3 Å². The van der Waals surface area contributed by atoms with Crippen molar-refractivity contribution in [2.75, 3.05) is 6.54 Å². The molecule has 0 saturated carbocycles. The minimum atomic E-state index is 0.0591. The van der Waals surface area contributed by atoms with E-state index in [0.29, 0.717) is 6.54 Å². The van der Waals surface area contributed by atoms with Gasteiger partial charge in [-0.3, -0.25) is 10.1 Å². The van der Waals surface area contributed by atoms with E-state index in [1.165, 1.54) is 0 Å². The molecule has 1 amide bonds. The van der Waals surface area contributed by atoms with Crippen molar-refractivity contribution in [3.8, 4) is 0 Å². The quantitative estimate of drug-likeness (QED) is 0.799. The number of aryl methyl sites for hydroxylation is 1. The maximum atomic E-state index is 11.7. The van der Waals surface area contributed by atoms with Crippen LogP contribution < -0.4 is 10.6 Å². The van der Waals surface area contributed by atoms with Gasteiger partial charge in [-0.1, -0.05) is 13.8 Å². The zero-order valence-corrected chi connectivity index (χ0v) is 12.4. The lowest BCUT2D eigenvalue weighted by Gasteiger charge is -2.16. The first kappa shape index (κ1) is 15.1. The fourth-order valence-electron chi connectivity index (χ4n) is 1.68. The first-order valence-corrected chi connectivity index (χ1v) is 7.39. The maximum absolute atomic E-state index is 11.7. The lowest BCUT2D eigenvalue weighted by atomic mass is 10.2. The molecule has 1 rings (SSSR count). The summed E-state index contributed by atoms with van der Waals surface area (Å²) in [6, 6.07) is 0.410. The second kappa shape index (κ2) is 7.48. The molecule has 4 nitrogen and oxygen atoms in total. The summed E-state index contributed by atoms with van der Waals surface area (Å²) in [5.41, 5.74) is 1.03. The van der Waals surface area contributed by atoms with E-state index in [2.05, 4.69) is 29.5 Å². The molecular weight excluding hydrogens is 246 g/mol. The van der Waals surface area contributed by atoms with Crippen LogP contribution in [0.5, 0.6) is 0 Å². The fourth-order valence-corrected chi connectivity index (χ4v) is 2.50.